The SMILES string of the molecule is COc1cccc(NC(=O)CN2CCC(C(F)(F)F)CC2)c1. The van der Waals surface area contributed by atoms with Crippen LogP contribution in [0.1, 0.15) is 12.8 Å². The number of rotatable bonds is 4. The molecule has 1 aliphatic heterocycles. The zero-order chi connectivity index (χ0) is 16.2. The lowest BCUT2D eigenvalue weighted by Crippen LogP contribution is -2.42. The number of alkyl halides is 3. The Morgan fingerprint density at radius 3 is 2.64 bits per heavy atom. The first-order valence-electron chi connectivity index (χ1n) is 7.11. The van der Waals surface area contributed by atoms with Gasteiger partial charge in [-0.25, -0.2) is 0 Å². The van der Waals surface area contributed by atoms with E-state index in [9.17, 15) is 18.0 Å². The van der Waals surface area contributed by atoms with Crippen LogP contribution in [0, 0.1) is 5.92 Å². The molecule has 1 aliphatic rings. The van der Waals surface area contributed by atoms with Crippen molar-refractivity contribution in [1.29, 1.82) is 0 Å². The lowest BCUT2D eigenvalue weighted by molar-refractivity contribution is -0.184. The molecule has 0 aliphatic carbocycles. The Kier molecular flexibility index (Phi) is 5.28. The summed E-state index contributed by atoms with van der Waals surface area (Å²) in [5, 5.41) is 2.72. The van der Waals surface area contributed by atoms with Crippen LogP contribution in [0.5, 0.6) is 5.75 Å². The maximum absolute atomic E-state index is 12.6. The van der Waals surface area contributed by atoms with Gasteiger partial charge in [-0.3, -0.25) is 9.69 Å². The molecule has 7 heteroatoms. The highest BCUT2D eigenvalue weighted by molar-refractivity contribution is 5.92. The van der Waals surface area contributed by atoms with Crippen molar-refractivity contribution in [2.75, 3.05) is 32.1 Å². The van der Waals surface area contributed by atoms with Crippen LogP contribution in [0.15, 0.2) is 24.3 Å². The number of benzene rings is 1. The van der Waals surface area contributed by atoms with E-state index in [2.05, 4.69) is 5.32 Å². The Bertz CT molecular complexity index is 512. The summed E-state index contributed by atoms with van der Waals surface area (Å²) in [7, 11) is 1.53. The van der Waals surface area contributed by atoms with Gasteiger partial charge in [0.05, 0.1) is 19.6 Å². The van der Waals surface area contributed by atoms with Gasteiger partial charge in [-0.2, -0.15) is 13.2 Å². The van der Waals surface area contributed by atoms with Gasteiger partial charge in [0, 0.05) is 11.8 Å². The van der Waals surface area contributed by atoms with Gasteiger partial charge in [-0.15, -0.1) is 0 Å². The van der Waals surface area contributed by atoms with E-state index in [1.807, 2.05) is 0 Å². The summed E-state index contributed by atoms with van der Waals surface area (Å²) in [5.41, 5.74) is 0.606. The molecule has 1 aromatic rings. The average Bonchev–Trinajstić information content (AvgIpc) is 2.47. The number of hydrogen-bond donors (Lipinski definition) is 1. The van der Waals surface area contributed by atoms with Crippen LogP contribution in [-0.4, -0.2) is 43.7 Å². The quantitative estimate of drug-likeness (QED) is 0.928. The number of ether oxygens (including phenoxy) is 1. The van der Waals surface area contributed by atoms with E-state index in [0.29, 0.717) is 11.4 Å². The molecule has 4 nitrogen and oxygen atoms in total. The molecule has 1 N–H and O–H groups in total. The van der Waals surface area contributed by atoms with Gasteiger partial charge in [0.2, 0.25) is 5.91 Å². The normalized spacial score (nSPS) is 17.3. The monoisotopic (exact) mass is 316 g/mol. The number of hydrogen-bond acceptors (Lipinski definition) is 3. The second-order valence-corrected chi connectivity index (χ2v) is 5.37. The number of nitrogens with one attached hydrogen (secondary N) is 1. The van der Waals surface area contributed by atoms with Gasteiger partial charge in [0.15, 0.2) is 0 Å². The topological polar surface area (TPSA) is 41.6 Å². The molecule has 0 radical (unpaired) electrons. The van der Waals surface area contributed by atoms with Gasteiger partial charge in [0.25, 0.3) is 0 Å². The van der Waals surface area contributed by atoms with Crippen LogP contribution in [0.2, 0.25) is 0 Å². The molecule has 0 bridgehead atoms. The second kappa shape index (κ2) is 7.00. The van der Waals surface area contributed by atoms with Gasteiger partial charge >= 0.3 is 6.18 Å². The molecule has 0 spiro atoms. The zero-order valence-electron chi connectivity index (χ0n) is 12.3. The predicted octanol–water partition coefficient (Wildman–Crippen LogP) is 2.91. The second-order valence-electron chi connectivity index (χ2n) is 5.37. The molecule has 1 amide bonds. The molecule has 0 unspecified atom stereocenters. The third kappa shape index (κ3) is 4.62. The number of carbonyl (C=O) groups is 1. The van der Waals surface area contributed by atoms with Crippen LogP contribution in [0.3, 0.4) is 0 Å². The van der Waals surface area contributed by atoms with Crippen LogP contribution in [-0.2, 0) is 4.79 Å². The number of likely N-dealkylation sites (tertiary alicyclic amines) is 1. The Balaban J connectivity index is 1.81. The highest BCUT2D eigenvalue weighted by Crippen LogP contribution is 2.33. The van der Waals surface area contributed by atoms with E-state index in [1.165, 1.54) is 7.11 Å². The van der Waals surface area contributed by atoms with Crippen LogP contribution in [0.25, 0.3) is 0 Å². The maximum atomic E-state index is 12.6. The van der Waals surface area contributed by atoms with Crippen molar-refractivity contribution in [3.05, 3.63) is 24.3 Å². The summed E-state index contributed by atoms with van der Waals surface area (Å²) >= 11 is 0. The van der Waals surface area contributed by atoms with Crippen LogP contribution in [0.4, 0.5) is 18.9 Å². The van der Waals surface area contributed by atoms with E-state index >= 15 is 0 Å². The number of nitrogens with zero attached hydrogens (tertiary/aromatic N) is 1. The fraction of sp³-hybridized carbons (Fsp3) is 0.533. The standard InChI is InChI=1S/C15H19F3N2O2/c1-22-13-4-2-3-12(9-13)19-14(21)10-20-7-5-11(6-8-20)15(16,17)18/h2-4,9,11H,5-8,10H2,1H3,(H,19,21). The fourth-order valence-corrected chi connectivity index (χ4v) is 2.52. The lowest BCUT2D eigenvalue weighted by atomic mass is 9.96. The van der Waals surface area contributed by atoms with E-state index in [-0.39, 0.29) is 38.4 Å². The Morgan fingerprint density at radius 2 is 2.05 bits per heavy atom. The molecule has 1 saturated heterocycles. The van der Waals surface area contributed by atoms with Crippen molar-refractivity contribution in [2.24, 2.45) is 5.92 Å². The molecule has 0 atom stereocenters. The summed E-state index contributed by atoms with van der Waals surface area (Å²) in [4.78, 5) is 13.7. The number of methoxy groups -OCH3 is 1. The van der Waals surface area contributed by atoms with Crippen molar-refractivity contribution in [3.63, 3.8) is 0 Å². The molecular formula is C15H19F3N2O2. The van der Waals surface area contributed by atoms with E-state index < -0.39 is 12.1 Å². The van der Waals surface area contributed by atoms with E-state index in [0.717, 1.165) is 0 Å². The van der Waals surface area contributed by atoms with Gasteiger partial charge in [-0.1, -0.05) is 6.07 Å². The Morgan fingerprint density at radius 1 is 1.36 bits per heavy atom. The summed E-state index contributed by atoms with van der Waals surface area (Å²) in [6.07, 6.45) is -4.03. The Hall–Kier alpha value is -1.76. The summed E-state index contributed by atoms with van der Waals surface area (Å²) < 4.78 is 42.8. The fourth-order valence-electron chi connectivity index (χ4n) is 2.52. The highest BCUT2D eigenvalue weighted by Gasteiger charge is 2.41. The van der Waals surface area contributed by atoms with Crippen LogP contribution >= 0.6 is 0 Å². The lowest BCUT2D eigenvalue weighted by Gasteiger charge is -2.32. The van der Waals surface area contributed by atoms with Crippen molar-refractivity contribution >= 4 is 11.6 Å². The molecule has 1 aromatic carbocycles. The molecule has 2 rings (SSSR count). The van der Waals surface area contributed by atoms with Crippen molar-refractivity contribution in [3.8, 4) is 5.75 Å². The van der Waals surface area contributed by atoms with Crippen LogP contribution < -0.4 is 10.1 Å². The number of piperidine rings is 1. The molecule has 0 aromatic heterocycles. The smallest absolute Gasteiger partial charge is 0.391 e. The molecule has 1 fully saturated rings. The van der Waals surface area contributed by atoms with Crippen molar-refractivity contribution in [2.45, 2.75) is 19.0 Å². The number of anilines is 1. The van der Waals surface area contributed by atoms with Crippen molar-refractivity contribution in [1.82, 2.24) is 4.90 Å². The third-order valence-corrected chi connectivity index (χ3v) is 3.77. The Labute approximate surface area is 127 Å². The average molecular weight is 316 g/mol. The maximum Gasteiger partial charge on any atom is 0.391 e. The number of halogens is 3. The first-order valence-corrected chi connectivity index (χ1v) is 7.11. The largest absolute Gasteiger partial charge is 0.497 e. The van der Waals surface area contributed by atoms with Gasteiger partial charge in [-0.05, 0) is 38.1 Å². The summed E-state index contributed by atoms with van der Waals surface area (Å²) in [6.45, 7) is 0.674. The minimum absolute atomic E-state index is 0.0515. The molecule has 22 heavy (non-hydrogen) atoms. The molecule has 1 heterocycles. The molecule has 0 saturated carbocycles. The molecule has 122 valence electrons. The van der Waals surface area contributed by atoms with E-state index in [1.54, 1.807) is 29.2 Å². The summed E-state index contributed by atoms with van der Waals surface area (Å²) in [6, 6.07) is 6.94. The highest BCUT2D eigenvalue weighted by atomic mass is 19.4. The first-order chi connectivity index (χ1) is 10.4. The summed E-state index contributed by atoms with van der Waals surface area (Å²) in [5.74, 6) is -0.854. The zero-order valence-corrected chi connectivity index (χ0v) is 12.3. The number of amides is 1. The minimum atomic E-state index is -4.13. The van der Waals surface area contributed by atoms with E-state index in [4.69, 9.17) is 4.74 Å². The minimum Gasteiger partial charge on any atom is -0.497 e. The van der Waals surface area contributed by atoms with Gasteiger partial charge in [0.1, 0.15) is 5.75 Å². The first kappa shape index (κ1) is 16.6. The predicted molar refractivity (Wildman–Crippen MR) is 76.8 cm³/mol. The van der Waals surface area contributed by atoms with Crippen molar-refractivity contribution < 1.29 is 22.7 Å². The third-order valence-electron chi connectivity index (χ3n) is 3.77. The number of carbonyl (C=O) groups excluding carboxylic acids is 1. The van der Waals surface area contributed by atoms with Gasteiger partial charge < -0.3 is 10.1 Å². The molecular weight excluding hydrogens is 297 g/mol.